The van der Waals surface area contributed by atoms with E-state index in [1.54, 1.807) is 0 Å². The van der Waals surface area contributed by atoms with E-state index in [-0.39, 0.29) is 5.92 Å². The fraction of sp³-hybridized carbons (Fsp3) is 0.952. The molecule has 25 heavy (non-hydrogen) atoms. The summed E-state index contributed by atoms with van der Waals surface area (Å²) < 4.78 is 0. The predicted octanol–water partition coefficient (Wildman–Crippen LogP) is 3.32. The van der Waals surface area contributed by atoms with E-state index in [1.165, 1.54) is 32.2 Å². The summed E-state index contributed by atoms with van der Waals surface area (Å²) in [6.07, 6.45) is 5.65. The van der Waals surface area contributed by atoms with Gasteiger partial charge in [0.05, 0.1) is 5.92 Å². The topological polar surface area (TPSA) is 26.8 Å². The molecule has 0 aromatic carbocycles. The van der Waals surface area contributed by atoms with Crippen LogP contribution in [-0.4, -0.2) is 72.5 Å². The molecule has 3 rings (SSSR count). The van der Waals surface area contributed by atoms with Crippen molar-refractivity contribution in [1.29, 1.82) is 0 Å². The summed E-state index contributed by atoms with van der Waals surface area (Å²) in [5.41, 5.74) is 0. The number of carbonyl (C=O) groups is 1. The SMILES string of the molecule is CC.CC1CCC(CN2CCN(C(=O)C3CN(C(C)C)C3)CC2)CC1. The molecular weight excluding hydrogens is 310 g/mol. The second-order valence-corrected chi connectivity index (χ2v) is 8.50. The summed E-state index contributed by atoms with van der Waals surface area (Å²) >= 11 is 0. The first-order valence-electron chi connectivity index (χ1n) is 10.8. The highest BCUT2D eigenvalue weighted by atomic mass is 16.2. The van der Waals surface area contributed by atoms with E-state index >= 15 is 0 Å². The molecule has 3 aliphatic rings. The maximum Gasteiger partial charge on any atom is 0.228 e. The lowest BCUT2D eigenvalue weighted by Crippen LogP contribution is -2.59. The lowest BCUT2D eigenvalue weighted by molar-refractivity contribution is -0.143. The number of hydrogen-bond donors (Lipinski definition) is 0. The zero-order valence-corrected chi connectivity index (χ0v) is 17.3. The summed E-state index contributed by atoms with van der Waals surface area (Å²) in [6, 6.07) is 0.578. The average molecular weight is 352 g/mol. The Labute approximate surface area is 155 Å². The Morgan fingerprint density at radius 2 is 1.52 bits per heavy atom. The van der Waals surface area contributed by atoms with Gasteiger partial charge in [0.15, 0.2) is 0 Å². The molecule has 0 aromatic heterocycles. The van der Waals surface area contributed by atoms with Gasteiger partial charge in [-0.2, -0.15) is 0 Å². The number of piperazine rings is 1. The number of likely N-dealkylation sites (tertiary alicyclic amines) is 1. The lowest BCUT2D eigenvalue weighted by atomic mass is 9.83. The van der Waals surface area contributed by atoms with E-state index in [9.17, 15) is 4.79 Å². The summed E-state index contributed by atoms with van der Waals surface area (Å²) in [5, 5.41) is 0. The van der Waals surface area contributed by atoms with Crippen LogP contribution in [0.25, 0.3) is 0 Å². The zero-order chi connectivity index (χ0) is 18.4. The van der Waals surface area contributed by atoms with E-state index in [2.05, 4.69) is 35.5 Å². The molecule has 0 unspecified atom stereocenters. The molecule has 1 amide bonds. The minimum Gasteiger partial charge on any atom is -0.340 e. The van der Waals surface area contributed by atoms with E-state index in [1.807, 2.05) is 13.8 Å². The van der Waals surface area contributed by atoms with Crippen LogP contribution in [0.1, 0.15) is 60.3 Å². The van der Waals surface area contributed by atoms with Crippen molar-refractivity contribution in [1.82, 2.24) is 14.7 Å². The molecule has 4 nitrogen and oxygen atoms in total. The molecule has 1 aliphatic carbocycles. The van der Waals surface area contributed by atoms with Gasteiger partial charge in [-0.25, -0.2) is 0 Å². The molecule has 146 valence electrons. The van der Waals surface area contributed by atoms with Crippen LogP contribution >= 0.6 is 0 Å². The van der Waals surface area contributed by atoms with Gasteiger partial charge in [0.2, 0.25) is 5.91 Å². The minimum absolute atomic E-state index is 0.267. The maximum atomic E-state index is 12.6. The first-order valence-corrected chi connectivity index (χ1v) is 10.8. The van der Waals surface area contributed by atoms with Gasteiger partial charge in [-0.3, -0.25) is 14.6 Å². The Bertz CT molecular complexity index is 390. The van der Waals surface area contributed by atoms with Crippen molar-refractivity contribution in [3.63, 3.8) is 0 Å². The molecule has 0 N–H and O–H groups in total. The van der Waals surface area contributed by atoms with Crippen molar-refractivity contribution in [3.05, 3.63) is 0 Å². The highest BCUT2D eigenvalue weighted by Gasteiger charge is 2.37. The number of amides is 1. The third-order valence-corrected chi connectivity index (χ3v) is 6.33. The van der Waals surface area contributed by atoms with Crippen molar-refractivity contribution >= 4 is 5.91 Å². The molecular formula is C21H41N3O. The van der Waals surface area contributed by atoms with Crippen molar-refractivity contribution in [2.24, 2.45) is 17.8 Å². The summed E-state index contributed by atoms with van der Waals surface area (Å²) in [6.45, 7) is 18.1. The van der Waals surface area contributed by atoms with Crippen LogP contribution in [0.2, 0.25) is 0 Å². The third-order valence-electron chi connectivity index (χ3n) is 6.33. The smallest absolute Gasteiger partial charge is 0.228 e. The average Bonchev–Trinajstić information content (AvgIpc) is 2.58. The van der Waals surface area contributed by atoms with Crippen molar-refractivity contribution in [2.75, 3.05) is 45.8 Å². The summed E-state index contributed by atoms with van der Waals surface area (Å²) in [4.78, 5) is 19.7. The summed E-state index contributed by atoms with van der Waals surface area (Å²) in [5.74, 6) is 2.52. The molecule has 0 atom stereocenters. The quantitative estimate of drug-likeness (QED) is 0.777. The van der Waals surface area contributed by atoms with E-state index in [0.717, 1.165) is 51.1 Å². The highest BCUT2D eigenvalue weighted by molar-refractivity contribution is 5.80. The molecule has 0 spiro atoms. The second-order valence-electron chi connectivity index (χ2n) is 8.50. The van der Waals surface area contributed by atoms with E-state index in [4.69, 9.17) is 0 Å². The largest absolute Gasteiger partial charge is 0.340 e. The molecule has 0 radical (unpaired) electrons. The number of nitrogens with zero attached hydrogens (tertiary/aromatic N) is 3. The number of hydrogen-bond acceptors (Lipinski definition) is 3. The molecule has 1 saturated carbocycles. The fourth-order valence-electron chi connectivity index (χ4n) is 4.38. The van der Waals surface area contributed by atoms with Crippen molar-refractivity contribution in [3.8, 4) is 0 Å². The van der Waals surface area contributed by atoms with Crippen LogP contribution in [0.15, 0.2) is 0 Å². The van der Waals surface area contributed by atoms with Gasteiger partial charge in [0.1, 0.15) is 0 Å². The molecule has 4 heteroatoms. The van der Waals surface area contributed by atoms with Gasteiger partial charge in [-0.05, 0) is 38.5 Å². The monoisotopic (exact) mass is 351 g/mol. The van der Waals surface area contributed by atoms with Crippen LogP contribution in [-0.2, 0) is 4.79 Å². The van der Waals surface area contributed by atoms with Gasteiger partial charge in [-0.15, -0.1) is 0 Å². The number of carbonyl (C=O) groups excluding carboxylic acids is 1. The van der Waals surface area contributed by atoms with Crippen LogP contribution in [0.3, 0.4) is 0 Å². The molecule has 2 saturated heterocycles. The fourth-order valence-corrected chi connectivity index (χ4v) is 4.38. The van der Waals surface area contributed by atoms with Gasteiger partial charge in [0, 0.05) is 51.9 Å². The summed E-state index contributed by atoms with van der Waals surface area (Å²) in [7, 11) is 0. The first-order chi connectivity index (χ1) is 12.0. The van der Waals surface area contributed by atoms with Crippen LogP contribution < -0.4 is 0 Å². The predicted molar refractivity (Wildman–Crippen MR) is 106 cm³/mol. The Morgan fingerprint density at radius 3 is 2.04 bits per heavy atom. The Balaban J connectivity index is 0.00000109. The maximum absolute atomic E-state index is 12.6. The highest BCUT2D eigenvalue weighted by Crippen LogP contribution is 2.29. The zero-order valence-electron chi connectivity index (χ0n) is 17.3. The van der Waals surface area contributed by atoms with Gasteiger partial charge in [-0.1, -0.05) is 33.6 Å². The lowest BCUT2D eigenvalue weighted by Gasteiger charge is -2.45. The second kappa shape index (κ2) is 9.91. The number of rotatable bonds is 4. The van der Waals surface area contributed by atoms with Gasteiger partial charge in [0.25, 0.3) is 0 Å². The van der Waals surface area contributed by atoms with E-state index < -0.39 is 0 Å². The van der Waals surface area contributed by atoms with Crippen LogP contribution in [0.5, 0.6) is 0 Å². The molecule has 0 aromatic rings. The van der Waals surface area contributed by atoms with Gasteiger partial charge >= 0.3 is 0 Å². The molecule has 0 bridgehead atoms. The molecule has 2 heterocycles. The Hall–Kier alpha value is -0.610. The minimum atomic E-state index is 0.267. The third kappa shape index (κ3) is 5.68. The van der Waals surface area contributed by atoms with E-state index in [0.29, 0.717) is 11.9 Å². The normalized spacial score (nSPS) is 29.1. The van der Waals surface area contributed by atoms with Crippen LogP contribution in [0.4, 0.5) is 0 Å². The Kier molecular flexibility index (Phi) is 8.21. The standard InChI is InChI=1S/C19H35N3O.C2H6/c1-15(2)22-13-18(14-22)19(23)21-10-8-20(9-11-21)12-17-6-4-16(3)5-7-17;1-2/h15-18H,4-14H2,1-3H3;1-2H3. The van der Waals surface area contributed by atoms with Crippen LogP contribution in [0, 0.1) is 17.8 Å². The first kappa shape index (κ1) is 20.7. The molecule has 3 fully saturated rings. The van der Waals surface area contributed by atoms with Crippen molar-refractivity contribution in [2.45, 2.75) is 66.3 Å². The molecule has 2 aliphatic heterocycles. The van der Waals surface area contributed by atoms with Crippen molar-refractivity contribution < 1.29 is 4.79 Å². The van der Waals surface area contributed by atoms with Gasteiger partial charge < -0.3 is 4.90 Å². The Morgan fingerprint density at radius 1 is 0.960 bits per heavy atom.